The minimum absolute atomic E-state index is 0.175. The van der Waals surface area contributed by atoms with Gasteiger partial charge < -0.3 is 19.4 Å². The van der Waals surface area contributed by atoms with E-state index in [2.05, 4.69) is 16.7 Å². The first-order valence-electron chi connectivity index (χ1n) is 9.37. The number of amides is 1. The van der Waals surface area contributed by atoms with Crippen LogP contribution in [-0.2, 0) is 4.79 Å². The van der Waals surface area contributed by atoms with Gasteiger partial charge in [0.15, 0.2) is 0 Å². The summed E-state index contributed by atoms with van der Waals surface area (Å²) in [5.74, 6) is 1.03. The van der Waals surface area contributed by atoms with Crippen LogP contribution in [0.15, 0.2) is 42.5 Å². The summed E-state index contributed by atoms with van der Waals surface area (Å²) in [6.07, 6.45) is 0. The van der Waals surface area contributed by atoms with Crippen LogP contribution in [0.1, 0.15) is 5.56 Å². The first-order valence-corrected chi connectivity index (χ1v) is 9.75. The van der Waals surface area contributed by atoms with Gasteiger partial charge in [-0.1, -0.05) is 29.8 Å². The van der Waals surface area contributed by atoms with Gasteiger partial charge in [-0.3, -0.25) is 4.79 Å². The largest absolute Gasteiger partial charge is 0.490 e. The van der Waals surface area contributed by atoms with E-state index in [1.807, 2.05) is 47.4 Å². The number of carbonyl (C=O) groups is 1. The highest BCUT2D eigenvalue weighted by atomic mass is 35.5. The van der Waals surface area contributed by atoms with E-state index in [0.29, 0.717) is 13.2 Å². The van der Waals surface area contributed by atoms with Gasteiger partial charge in [-0.15, -0.1) is 0 Å². The monoisotopic (exact) mass is 385 g/mol. The summed E-state index contributed by atoms with van der Waals surface area (Å²) in [6, 6.07) is 13.9. The molecule has 0 aromatic heterocycles. The van der Waals surface area contributed by atoms with E-state index in [9.17, 15) is 4.79 Å². The fourth-order valence-electron chi connectivity index (χ4n) is 3.77. The predicted octanol–water partition coefficient (Wildman–Crippen LogP) is 3.20. The third kappa shape index (κ3) is 3.83. The lowest BCUT2D eigenvalue weighted by Crippen LogP contribution is -2.52. The smallest absolute Gasteiger partial charge is 0.242 e. The molecule has 0 saturated carbocycles. The molecule has 0 atom stereocenters. The molecule has 1 fully saturated rings. The van der Waals surface area contributed by atoms with Gasteiger partial charge in [0, 0.05) is 36.9 Å². The van der Waals surface area contributed by atoms with Crippen molar-refractivity contribution >= 4 is 28.9 Å². The van der Waals surface area contributed by atoms with E-state index in [4.69, 9.17) is 16.3 Å². The maximum absolute atomic E-state index is 12.8. The van der Waals surface area contributed by atoms with Crippen molar-refractivity contribution in [2.24, 2.45) is 0 Å². The molecule has 1 saturated heterocycles. The van der Waals surface area contributed by atoms with Crippen LogP contribution in [0.5, 0.6) is 5.75 Å². The molecule has 4 rings (SSSR count). The Labute approximate surface area is 165 Å². The summed E-state index contributed by atoms with van der Waals surface area (Å²) in [6.45, 7) is 6.97. The van der Waals surface area contributed by atoms with Gasteiger partial charge in [-0.2, -0.15) is 0 Å². The number of hydrogen-bond acceptors (Lipinski definition) is 4. The molecular weight excluding hydrogens is 362 g/mol. The van der Waals surface area contributed by atoms with Crippen molar-refractivity contribution in [3.05, 3.63) is 53.1 Å². The summed E-state index contributed by atoms with van der Waals surface area (Å²) in [5.41, 5.74) is 3.38. The van der Waals surface area contributed by atoms with Crippen LogP contribution in [-0.4, -0.2) is 56.7 Å². The fraction of sp³-hybridized carbons (Fsp3) is 0.381. The lowest BCUT2D eigenvalue weighted by Gasteiger charge is -2.38. The molecule has 0 aliphatic carbocycles. The van der Waals surface area contributed by atoms with Gasteiger partial charge in [-0.05, 0) is 36.8 Å². The highest BCUT2D eigenvalue weighted by molar-refractivity contribution is 6.30. The molecule has 0 unspecified atom stereocenters. The molecular formula is C21H24ClN3O2. The van der Waals surface area contributed by atoms with E-state index in [0.717, 1.165) is 54.9 Å². The molecule has 0 bridgehead atoms. The molecule has 6 heteroatoms. The number of rotatable bonds is 3. The second-order valence-electron chi connectivity index (χ2n) is 7.04. The number of piperazine rings is 1. The number of aryl methyl sites for hydroxylation is 1. The number of carbonyl (C=O) groups excluding carboxylic acids is 1. The van der Waals surface area contributed by atoms with Gasteiger partial charge in [0.1, 0.15) is 12.4 Å². The fourth-order valence-corrected chi connectivity index (χ4v) is 3.94. The molecule has 2 aromatic carbocycles. The van der Waals surface area contributed by atoms with Gasteiger partial charge in [0.25, 0.3) is 0 Å². The summed E-state index contributed by atoms with van der Waals surface area (Å²) >= 11 is 6.16. The molecule has 1 amide bonds. The molecule has 0 N–H and O–H groups in total. The maximum atomic E-state index is 12.8. The minimum Gasteiger partial charge on any atom is -0.490 e. The van der Waals surface area contributed by atoms with Gasteiger partial charge in [-0.25, -0.2) is 0 Å². The number of fused-ring (bicyclic) bond motifs is 1. The van der Waals surface area contributed by atoms with E-state index in [1.54, 1.807) is 0 Å². The average Bonchev–Trinajstić information content (AvgIpc) is 2.70. The molecule has 2 aliphatic rings. The van der Waals surface area contributed by atoms with Crippen LogP contribution in [0.3, 0.4) is 0 Å². The van der Waals surface area contributed by atoms with Crippen molar-refractivity contribution in [1.82, 2.24) is 4.90 Å². The van der Waals surface area contributed by atoms with E-state index in [-0.39, 0.29) is 5.91 Å². The molecule has 2 heterocycles. The summed E-state index contributed by atoms with van der Waals surface area (Å²) < 4.78 is 5.68. The third-order valence-electron chi connectivity index (χ3n) is 5.30. The average molecular weight is 386 g/mol. The number of anilines is 2. The summed E-state index contributed by atoms with van der Waals surface area (Å²) in [7, 11) is 0. The summed E-state index contributed by atoms with van der Waals surface area (Å²) in [5, 5.41) is 0.750. The molecule has 142 valence electrons. The SMILES string of the molecule is Cc1ccc(Cl)cc1N1CCN(C(=O)CN2CCOc3ccccc32)CC1. The molecule has 2 aromatic rings. The standard InChI is InChI=1S/C21H24ClN3O2/c1-16-6-7-17(22)14-19(16)23-8-10-24(11-9-23)21(26)15-25-12-13-27-20-5-3-2-4-18(20)25/h2-7,14H,8-13,15H2,1H3. The Morgan fingerprint density at radius 2 is 1.81 bits per heavy atom. The van der Waals surface area contributed by atoms with Crippen molar-refractivity contribution < 1.29 is 9.53 Å². The van der Waals surface area contributed by atoms with E-state index < -0.39 is 0 Å². The lowest BCUT2D eigenvalue weighted by molar-refractivity contribution is -0.130. The molecule has 27 heavy (non-hydrogen) atoms. The van der Waals surface area contributed by atoms with Gasteiger partial charge in [0.05, 0.1) is 18.8 Å². The normalized spacial score (nSPS) is 16.7. The molecule has 0 radical (unpaired) electrons. The van der Waals surface area contributed by atoms with Crippen LogP contribution in [0.2, 0.25) is 5.02 Å². The van der Waals surface area contributed by atoms with Crippen molar-refractivity contribution in [3.63, 3.8) is 0 Å². The second-order valence-corrected chi connectivity index (χ2v) is 7.47. The molecule has 2 aliphatic heterocycles. The number of halogens is 1. The van der Waals surface area contributed by atoms with Crippen LogP contribution in [0.4, 0.5) is 11.4 Å². The predicted molar refractivity (Wildman–Crippen MR) is 109 cm³/mol. The first-order chi connectivity index (χ1) is 13.1. The van der Waals surface area contributed by atoms with Crippen LogP contribution in [0, 0.1) is 6.92 Å². The minimum atomic E-state index is 0.175. The first kappa shape index (κ1) is 18.0. The Kier molecular flexibility index (Phi) is 5.12. The van der Waals surface area contributed by atoms with E-state index >= 15 is 0 Å². The van der Waals surface area contributed by atoms with Gasteiger partial charge in [0.2, 0.25) is 5.91 Å². The zero-order valence-corrected chi connectivity index (χ0v) is 16.3. The van der Waals surface area contributed by atoms with Crippen molar-refractivity contribution in [2.75, 3.05) is 55.7 Å². The quantitative estimate of drug-likeness (QED) is 0.813. The van der Waals surface area contributed by atoms with E-state index in [1.165, 1.54) is 5.56 Å². The topological polar surface area (TPSA) is 36.0 Å². The van der Waals surface area contributed by atoms with Crippen molar-refractivity contribution in [2.45, 2.75) is 6.92 Å². The Bertz CT molecular complexity index is 834. The maximum Gasteiger partial charge on any atom is 0.242 e. The van der Waals surface area contributed by atoms with Crippen LogP contribution < -0.4 is 14.5 Å². The van der Waals surface area contributed by atoms with Gasteiger partial charge >= 0.3 is 0 Å². The molecule has 0 spiro atoms. The highest BCUT2D eigenvalue weighted by Crippen LogP contribution is 2.31. The Balaban J connectivity index is 1.38. The lowest BCUT2D eigenvalue weighted by atomic mass is 10.1. The Hall–Kier alpha value is -2.40. The number of ether oxygens (including phenoxy) is 1. The van der Waals surface area contributed by atoms with Crippen molar-refractivity contribution in [3.8, 4) is 5.75 Å². The second kappa shape index (κ2) is 7.69. The number of para-hydroxylation sites is 2. The van der Waals surface area contributed by atoms with Crippen LogP contribution in [0.25, 0.3) is 0 Å². The zero-order chi connectivity index (χ0) is 18.8. The Morgan fingerprint density at radius 3 is 2.63 bits per heavy atom. The van der Waals surface area contributed by atoms with Crippen molar-refractivity contribution in [1.29, 1.82) is 0 Å². The Morgan fingerprint density at radius 1 is 1.04 bits per heavy atom. The summed E-state index contributed by atoms with van der Waals surface area (Å²) in [4.78, 5) is 19.2. The highest BCUT2D eigenvalue weighted by Gasteiger charge is 2.26. The number of benzene rings is 2. The third-order valence-corrected chi connectivity index (χ3v) is 5.53. The number of hydrogen-bond donors (Lipinski definition) is 0. The molecule has 5 nitrogen and oxygen atoms in total. The number of nitrogens with zero attached hydrogens (tertiary/aromatic N) is 3. The zero-order valence-electron chi connectivity index (χ0n) is 15.5. The van der Waals surface area contributed by atoms with Crippen LogP contribution >= 0.6 is 11.6 Å².